The maximum Gasteiger partial charge on any atom is 0.411 e. The number of fused-ring (bicyclic) bond motifs is 2. The van der Waals surface area contributed by atoms with E-state index in [1.807, 2.05) is 6.07 Å². The van der Waals surface area contributed by atoms with Crippen LogP contribution >= 0.6 is 0 Å². The Hall–Kier alpha value is -8.40. The lowest BCUT2D eigenvalue weighted by molar-refractivity contribution is -0.288. The largest absolute Gasteiger partial charge is 0.423 e. The topological polar surface area (TPSA) is 127 Å². The molecular weight excluding hydrogens is 883 g/mol. The van der Waals surface area contributed by atoms with E-state index in [0.29, 0.717) is 68.5 Å². The summed E-state index contributed by atoms with van der Waals surface area (Å²) >= 11 is 0. The van der Waals surface area contributed by atoms with Gasteiger partial charge in [-0.2, -0.15) is 26.3 Å². The summed E-state index contributed by atoms with van der Waals surface area (Å²) < 4.78 is 103. The SMILES string of the molecule is Cc1ccc(-c2ccc(N3C(=O)c4ccc(C(c5ccc6c(c5)C(=O)N(C)C6=O)(C(F)(F)F)C(F)(F)F)cc4C3=O)c(OC(=O)/C=C/c3ccccc3)c2)cc1OC(=O)C=Cc1ccccc1. The van der Waals surface area contributed by atoms with Gasteiger partial charge in [0.25, 0.3) is 23.6 Å². The Kier molecular flexibility index (Phi) is 11.6. The van der Waals surface area contributed by atoms with E-state index in [0.717, 1.165) is 18.7 Å². The van der Waals surface area contributed by atoms with E-state index in [1.165, 1.54) is 36.4 Å². The first-order valence-electron chi connectivity index (χ1n) is 20.1. The average molecular weight is 915 g/mol. The molecule has 0 aromatic heterocycles. The highest BCUT2D eigenvalue weighted by Gasteiger charge is 2.73. The number of benzene rings is 6. The zero-order chi connectivity index (χ0) is 48.0. The minimum Gasteiger partial charge on any atom is -0.423 e. The number of carbonyl (C=O) groups excluding carboxylic acids is 6. The molecule has 2 aliphatic rings. The molecule has 336 valence electrons. The average Bonchev–Trinajstić information content (AvgIpc) is 3.67. The fraction of sp³-hybridized carbons (Fsp3) is 0.0980. The van der Waals surface area contributed by atoms with Crippen molar-refractivity contribution >= 4 is 53.4 Å². The molecule has 0 unspecified atom stereocenters. The molecular formula is C51H32F6N2O8. The second kappa shape index (κ2) is 17.2. The van der Waals surface area contributed by atoms with Crippen LogP contribution in [0.5, 0.6) is 11.5 Å². The van der Waals surface area contributed by atoms with Crippen LogP contribution in [-0.4, -0.2) is 59.9 Å². The zero-order valence-corrected chi connectivity index (χ0v) is 34.9. The van der Waals surface area contributed by atoms with Gasteiger partial charge in [-0.3, -0.25) is 24.1 Å². The van der Waals surface area contributed by atoms with Gasteiger partial charge in [-0.05, 0) is 100 Å². The summed E-state index contributed by atoms with van der Waals surface area (Å²) in [6, 6.07) is 29.1. The fourth-order valence-corrected chi connectivity index (χ4v) is 7.86. The van der Waals surface area contributed by atoms with Crippen LogP contribution in [0.2, 0.25) is 0 Å². The molecule has 0 aliphatic carbocycles. The van der Waals surface area contributed by atoms with Gasteiger partial charge < -0.3 is 9.47 Å². The molecule has 67 heavy (non-hydrogen) atoms. The quantitative estimate of drug-likeness (QED) is 0.0437. The van der Waals surface area contributed by atoms with Crippen LogP contribution < -0.4 is 14.4 Å². The molecule has 2 heterocycles. The van der Waals surface area contributed by atoms with Crippen molar-refractivity contribution in [3.8, 4) is 22.6 Å². The standard InChI is InChI=1S/C51H32F6N2O8/c1-29-13-16-32(25-41(29)66-43(60)23-14-30-9-5-3-6-10-30)33-17-22-40(42(26-33)67-44(61)24-15-31-11-7-4-8-12-31)59-47(64)37-21-19-35(28-39(37)48(59)65)49(50(52,53)54,51(55,56)57)34-18-20-36-38(27-34)46(63)58(2)45(36)62/h3-28H,1-2H3/b23-14?,24-15+. The Labute approximate surface area is 377 Å². The number of halogens is 6. The molecule has 0 fully saturated rings. The first-order chi connectivity index (χ1) is 31.8. The summed E-state index contributed by atoms with van der Waals surface area (Å²) in [4.78, 5) is 80.8. The second-order valence-corrected chi connectivity index (χ2v) is 15.4. The van der Waals surface area contributed by atoms with E-state index in [4.69, 9.17) is 9.47 Å². The van der Waals surface area contributed by atoms with Gasteiger partial charge >= 0.3 is 24.3 Å². The Morgan fingerprint density at radius 1 is 0.507 bits per heavy atom. The fourth-order valence-electron chi connectivity index (χ4n) is 7.86. The summed E-state index contributed by atoms with van der Waals surface area (Å²) in [5, 5.41) is 0. The van der Waals surface area contributed by atoms with Gasteiger partial charge in [0.15, 0.2) is 5.75 Å². The van der Waals surface area contributed by atoms with E-state index in [9.17, 15) is 28.8 Å². The number of aryl methyl sites for hydroxylation is 1. The van der Waals surface area contributed by atoms with Crippen molar-refractivity contribution in [1.29, 1.82) is 0 Å². The number of amides is 4. The highest BCUT2D eigenvalue weighted by atomic mass is 19.4. The third-order valence-electron chi connectivity index (χ3n) is 11.3. The predicted molar refractivity (Wildman–Crippen MR) is 232 cm³/mol. The number of hydrogen-bond donors (Lipinski definition) is 0. The Balaban J connectivity index is 1.19. The first kappa shape index (κ1) is 45.2. The third-order valence-corrected chi connectivity index (χ3v) is 11.3. The molecule has 8 rings (SSSR count). The van der Waals surface area contributed by atoms with E-state index in [1.54, 1.807) is 79.7 Å². The monoisotopic (exact) mass is 914 g/mol. The number of nitrogens with zero attached hydrogens (tertiary/aromatic N) is 2. The number of carbonyl (C=O) groups is 6. The van der Waals surface area contributed by atoms with Crippen molar-refractivity contribution in [2.45, 2.75) is 24.7 Å². The smallest absolute Gasteiger partial charge is 0.411 e. The summed E-state index contributed by atoms with van der Waals surface area (Å²) in [6.07, 6.45) is -7.06. The summed E-state index contributed by atoms with van der Waals surface area (Å²) in [7, 11) is 1.02. The predicted octanol–water partition coefficient (Wildman–Crippen LogP) is 10.3. The molecule has 6 aromatic rings. The molecule has 10 nitrogen and oxygen atoms in total. The molecule has 0 spiro atoms. The van der Waals surface area contributed by atoms with Crippen molar-refractivity contribution in [3.05, 3.63) is 196 Å². The third kappa shape index (κ3) is 8.17. The van der Waals surface area contributed by atoms with Gasteiger partial charge in [-0.1, -0.05) is 91.0 Å². The molecule has 0 radical (unpaired) electrons. The number of anilines is 1. The van der Waals surface area contributed by atoms with Crippen LogP contribution in [0.25, 0.3) is 23.3 Å². The van der Waals surface area contributed by atoms with Gasteiger partial charge in [0.2, 0.25) is 5.41 Å². The highest BCUT2D eigenvalue weighted by molar-refractivity contribution is 6.35. The van der Waals surface area contributed by atoms with Crippen molar-refractivity contribution in [2.24, 2.45) is 0 Å². The van der Waals surface area contributed by atoms with Crippen LogP contribution in [0.1, 0.15) is 69.2 Å². The molecule has 0 saturated carbocycles. The molecule has 6 aromatic carbocycles. The van der Waals surface area contributed by atoms with E-state index < -0.39 is 98.2 Å². The van der Waals surface area contributed by atoms with Gasteiger partial charge in [-0.15, -0.1) is 0 Å². The lowest BCUT2D eigenvalue weighted by Gasteiger charge is -2.38. The van der Waals surface area contributed by atoms with Gasteiger partial charge in [0.05, 0.1) is 27.9 Å². The number of ether oxygens (including phenoxy) is 2. The van der Waals surface area contributed by atoms with Gasteiger partial charge in [0, 0.05) is 19.2 Å². The Morgan fingerprint density at radius 3 is 1.46 bits per heavy atom. The Morgan fingerprint density at radius 2 is 0.940 bits per heavy atom. The van der Waals surface area contributed by atoms with Crippen LogP contribution in [0.15, 0.2) is 146 Å². The first-order valence-corrected chi connectivity index (χ1v) is 20.1. The number of esters is 2. The minimum atomic E-state index is -6.17. The Bertz CT molecular complexity index is 3090. The molecule has 0 bridgehead atoms. The number of alkyl halides is 6. The number of hydrogen-bond acceptors (Lipinski definition) is 8. The van der Waals surface area contributed by atoms with Crippen molar-refractivity contribution in [2.75, 3.05) is 11.9 Å². The van der Waals surface area contributed by atoms with Crippen molar-refractivity contribution < 1.29 is 64.6 Å². The summed E-state index contributed by atoms with van der Waals surface area (Å²) in [5.41, 5.74) is -8.15. The normalized spacial score (nSPS) is 14.0. The zero-order valence-electron chi connectivity index (χ0n) is 34.9. The van der Waals surface area contributed by atoms with E-state index >= 15 is 26.3 Å². The van der Waals surface area contributed by atoms with Crippen LogP contribution in [0.3, 0.4) is 0 Å². The van der Waals surface area contributed by atoms with E-state index in [2.05, 4.69) is 0 Å². The maximum absolute atomic E-state index is 15.3. The molecule has 0 atom stereocenters. The maximum atomic E-state index is 15.3. The minimum absolute atomic E-state index is 0.158. The van der Waals surface area contributed by atoms with Crippen LogP contribution in [-0.2, 0) is 15.0 Å². The summed E-state index contributed by atoms with van der Waals surface area (Å²) in [6.45, 7) is 1.69. The molecule has 16 heteroatoms. The van der Waals surface area contributed by atoms with Gasteiger partial charge in [0.1, 0.15) is 5.75 Å². The highest BCUT2D eigenvalue weighted by Crippen LogP contribution is 2.57. The number of rotatable bonds is 10. The van der Waals surface area contributed by atoms with Crippen LogP contribution in [0.4, 0.5) is 32.0 Å². The number of imide groups is 2. The van der Waals surface area contributed by atoms with Crippen molar-refractivity contribution in [1.82, 2.24) is 4.90 Å². The van der Waals surface area contributed by atoms with Gasteiger partial charge in [-0.25, -0.2) is 14.5 Å². The molecule has 0 saturated heterocycles. The molecule has 4 amide bonds. The van der Waals surface area contributed by atoms with E-state index in [-0.39, 0.29) is 5.75 Å². The second-order valence-electron chi connectivity index (χ2n) is 15.4. The summed E-state index contributed by atoms with van der Waals surface area (Å²) in [5.74, 6) is -6.52. The van der Waals surface area contributed by atoms with Crippen LogP contribution in [0, 0.1) is 6.92 Å². The molecule has 0 N–H and O–H groups in total. The lowest BCUT2D eigenvalue weighted by atomic mass is 9.71. The molecule has 2 aliphatic heterocycles. The lowest BCUT2D eigenvalue weighted by Crippen LogP contribution is -2.55. The van der Waals surface area contributed by atoms with Crippen molar-refractivity contribution in [3.63, 3.8) is 0 Å².